The van der Waals surface area contributed by atoms with Gasteiger partial charge in [-0.25, -0.2) is 0 Å². The van der Waals surface area contributed by atoms with Crippen LogP contribution in [-0.2, 0) is 4.74 Å². The third-order valence-electron chi connectivity index (χ3n) is 3.97. The normalized spacial score (nSPS) is 38.4. The molecule has 15 heavy (non-hydrogen) atoms. The molecule has 1 saturated heterocycles. The fourth-order valence-electron chi connectivity index (χ4n) is 2.89. The lowest BCUT2D eigenvalue weighted by Gasteiger charge is -2.29. The lowest BCUT2D eigenvalue weighted by Crippen LogP contribution is -2.34. The van der Waals surface area contributed by atoms with Gasteiger partial charge in [-0.2, -0.15) is 0 Å². The SMILES string of the molecule is COC1CCN(CC2CCC(N)CC2)C1. The predicted molar refractivity (Wildman–Crippen MR) is 61.8 cm³/mol. The third kappa shape index (κ3) is 3.16. The van der Waals surface area contributed by atoms with Gasteiger partial charge in [-0.3, -0.25) is 0 Å². The number of hydrogen-bond acceptors (Lipinski definition) is 3. The molecule has 2 aliphatic rings. The van der Waals surface area contributed by atoms with Crippen LogP contribution in [0.15, 0.2) is 0 Å². The van der Waals surface area contributed by atoms with Crippen LogP contribution in [0, 0.1) is 5.92 Å². The second-order valence-electron chi connectivity index (χ2n) is 5.19. The van der Waals surface area contributed by atoms with E-state index >= 15 is 0 Å². The summed E-state index contributed by atoms with van der Waals surface area (Å²) in [5, 5.41) is 0. The van der Waals surface area contributed by atoms with Gasteiger partial charge >= 0.3 is 0 Å². The maximum absolute atomic E-state index is 5.92. The molecule has 1 aliphatic heterocycles. The summed E-state index contributed by atoms with van der Waals surface area (Å²) in [7, 11) is 1.83. The Kier molecular flexibility index (Phi) is 4.00. The van der Waals surface area contributed by atoms with Crippen LogP contribution in [0.3, 0.4) is 0 Å². The van der Waals surface area contributed by atoms with Crippen LogP contribution >= 0.6 is 0 Å². The van der Waals surface area contributed by atoms with E-state index in [0.29, 0.717) is 12.1 Å². The van der Waals surface area contributed by atoms with Gasteiger partial charge in [0.05, 0.1) is 6.10 Å². The Labute approximate surface area is 93.0 Å². The van der Waals surface area contributed by atoms with E-state index in [-0.39, 0.29) is 0 Å². The van der Waals surface area contributed by atoms with E-state index in [4.69, 9.17) is 10.5 Å². The molecule has 0 amide bonds. The van der Waals surface area contributed by atoms with E-state index in [1.54, 1.807) is 0 Å². The van der Waals surface area contributed by atoms with E-state index < -0.39 is 0 Å². The quantitative estimate of drug-likeness (QED) is 0.764. The Balaban J connectivity index is 1.69. The van der Waals surface area contributed by atoms with Gasteiger partial charge in [0, 0.05) is 32.8 Å². The zero-order chi connectivity index (χ0) is 10.7. The second-order valence-corrected chi connectivity index (χ2v) is 5.19. The van der Waals surface area contributed by atoms with Crippen LogP contribution in [-0.4, -0.2) is 43.8 Å². The van der Waals surface area contributed by atoms with Crippen molar-refractivity contribution in [3.05, 3.63) is 0 Å². The van der Waals surface area contributed by atoms with Crippen molar-refractivity contribution in [2.75, 3.05) is 26.7 Å². The van der Waals surface area contributed by atoms with Gasteiger partial charge in [0.15, 0.2) is 0 Å². The van der Waals surface area contributed by atoms with Gasteiger partial charge < -0.3 is 15.4 Å². The average molecular weight is 212 g/mol. The Morgan fingerprint density at radius 1 is 1.20 bits per heavy atom. The smallest absolute Gasteiger partial charge is 0.0710 e. The number of likely N-dealkylation sites (tertiary alicyclic amines) is 1. The molecular weight excluding hydrogens is 188 g/mol. The summed E-state index contributed by atoms with van der Waals surface area (Å²) < 4.78 is 5.39. The zero-order valence-corrected chi connectivity index (χ0v) is 9.82. The van der Waals surface area contributed by atoms with Gasteiger partial charge in [-0.1, -0.05) is 0 Å². The van der Waals surface area contributed by atoms with Gasteiger partial charge in [0.1, 0.15) is 0 Å². The Morgan fingerprint density at radius 2 is 1.93 bits per heavy atom. The van der Waals surface area contributed by atoms with Crippen molar-refractivity contribution in [3.63, 3.8) is 0 Å². The molecule has 1 unspecified atom stereocenters. The van der Waals surface area contributed by atoms with Gasteiger partial charge in [-0.15, -0.1) is 0 Å². The fraction of sp³-hybridized carbons (Fsp3) is 1.00. The van der Waals surface area contributed by atoms with Crippen LogP contribution in [0.2, 0.25) is 0 Å². The summed E-state index contributed by atoms with van der Waals surface area (Å²) >= 11 is 0. The maximum atomic E-state index is 5.92. The van der Waals surface area contributed by atoms with Crippen molar-refractivity contribution in [3.8, 4) is 0 Å². The van der Waals surface area contributed by atoms with Crippen molar-refractivity contribution < 1.29 is 4.74 Å². The van der Waals surface area contributed by atoms with Crippen LogP contribution in [0.5, 0.6) is 0 Å². The lowest BCUT2D eigenvalue weighted by molar-refractivity contribution is 0.104. The van der Waals surface area contributed by atoms with Gasteiger partial charge in [0.2, 0.25) is 0 Å². The molecule has 0 aromatic heterocycles. The maximum Gasteiger partial charge on any atom is 0.0710 e. The molecule has 0 aromatic rings. The average Bonchev–Trinajstić information content (AvgIpc) is 2.69. The molecule has 1 saturated carbocycles. The molecular formula is C12H24N2O. The Bertz CT molecular complexity index is 190. The predicted octanol–water partition coefficient (Wildman–Crippen LogP) is 1.22. The molecule has 3 heteroatoms. The van der Waals surface area contributed by atoms with Crippen LogP contribution in [0.25, 0.3) is 0 Å². The number of nitrogens with two attached hydrogens (primary N) is 1. The standard InChI is InChI=1S/C12H24N2O/c1-15-12-6-7-14(9-12)8-10-2-4-11(13)5-3-10/h10-12H,2-9,13H2,1H3. The Morgan fingerprint density at radius 3 is 2.53 bits per heavy atom. The van der Waals surface area contributed by atoms with Crippen molar-refractivity contribution in [1.82, 2.24) is 4.90 Å². The lowest BCUT2D eigenvalue weighted by atomic mass is 9.86. The first-order valence-corrected chi connectivity index (χ1v) is 6.28. The van der Waals surface area contributed by atoms with Gasteiger partial charge in [0.25, 0.3) is 0 Å². The minimum atomic E-state index is 0.478. The van der Waals surface area contributed by atoms with Gasteiger partial charge in [-0.05, 0) is 38.0 Å². The summed E-state index contributed by atoms with van der Waals surface area (Å²) in [6.45, 7) is 3.63. The minimum Gasteiger partial charge on any atom is -0.380 e. The Hall–Kier alpha value is -0.120. The largest absolute Gasteiger partial charge is 0.380 e. The first kappa shape index (κ1) is 11.4. The number of rotatable bonds is 3. The van der Waals surface area contributed by atoms with Crippen molar-refractivity contribution in [2.45, 2.75) is 44.2 Å². The zero-order valence-electron chi connectivity index (χ0n) is 9.82. The van der Waals surface area contributed by atoms with Crippen LogP contribution in [0.1, 0.15) is 32.1 Å². The molecule has 2 fully saturated rings. The van der Waals surface area contributed by atoms with Crippen molar-refractivity contribution in [1.29, 1.82) is 0 Å². The fourth-order valence-corrected chi connectivity index (χ4v) is 2.89. The third-order valence-corrected chi connectivity index (χ3v) is 3.97. The van der Waals surface area contributed by atoms with E-state index in [0.717, 1.165) is 12.5 Å². The molecule has 1 aliphatic carbocycles. The number of hydrogen-bond donors (Lipinski definition) is 1. The van der Waals surface area contributed by atoms with E-state index in [1.165, 1.54) is 45.2 Å². The summed E-state index contributed by atoms with van der Waals surface area (Å²) in [6, 6.07) is 0.478. The molecule has 2 rings (SSSR count). The molecule has 0 aromatic carbocycles. The summed E-state index contributed by atoms with van der Waals surface area (Å²) in [6.07, 6.45) is 6.81. The van der Waals surface area contributed by atoms with Crippen molar-refractivity contribution >= 4 is 0 Å². The highest BCUT2D eigenvalue weighted by atomic mass is 16.5. The highest BCUT2D eigenvalue weighted by Gasteiger charge is 2.26. The molecule has 0 radical (unpaired) electrons. The molecule has 3 nitrogen and oxygen atoms in total. The molecule has 2 N–H and O–H groups in total. The first-order valence-electron chi connectivity index (χ1n) is 6.28. The highest BCUT2D eigenvalue weighted by molar-refractivity contribution is 4.81. The summed E-state index contributed by atoms with van der Waals surface area (Å²) in [5.74, 6) is 0.889. The highest BCUT2D eigenvalue weighted by Crippen LogP contribution is 2.25. The second kappa shape index (κ2) is 5.28. The summed E-state index contributed by atoms with van der Waals surface area (Å²) in [4.78, 5) is 2.57. The summed E-state index contributed by atoms with van der Waals surface area (Å²) in [5.41, 5.74) is 5.92. The molecule has 0 spiro atoms. The van der Waals surface area contributed by atoms with Crippen molar-refractivity contribution in [2.24, 2.45) is 11.7 Å². The number of nitrogens with zero attached hydrogens (tertiary/aromatic N) is 1. The van der Waals surface area contributed by atoms with E-state index in [2.05, 4.69) is 4.90 Å². The van der Waals surface area contributed by atoms with E-state index in [9.17, 15) is 0 Å². The molecule has 1 heterocycles. The number of methoxy groups -OCH3 is 1. The van der Waals surface area contributed by atoms with E-state index in [1.807, 2.05) is 7.11 Å². The molecule has 0 bridgehead atoms. The number of ether oxygens (including phenoxy) is 1. The molecule has 88 valence electrons. The first-order chi connectivity index (χ1) is 7.28. The minimum absolute atomic E-state index is 0.478. The molecule has 1 atom stereocenters. The van der Waals surface area contributed by atoms with Crippen LogP contribution in [0.4, 0.5) is 0 Å². The topological polar surface area (TPSA) is 38.5 Å². The van der Waals surface area contributed by atoms with Crippen LogP contribution < -0.4 is 5.73 Å². The monoisotopic (exact) mass is 212 g/mol.